The SMILES string of the molecule is Cc1cccc(OCCC(=O)NCC(CC(C)C)C(=O)O)c1. The quantitative estimate of drug-likeness (QED) is 0.735. The van der Waals surface area contributed by atoms with E-state index in [0.717, 1.165) is 11.3 Å². The number of carboxylic acids is 1. The second-order valence-electron chi connectivity index (χ2n) is 5.88. The van der Waals surface area contributed by atoms with Crippen molar-refractivity contribution in [3.8, 4) is 5.75 Å². The largest absolute Gasteiger partial charge is 0.493 e. The van der Waals surface area contributed by atoms with Crippen molar-refractivity contribution < 1.29 is 19.4 Å². The Hall–Kier alpha value is -2.04. The van der Waals surface area contributed by atoms with E-state index in [1.54, 1.807) is 0 Å². The summed E-state index contributed by atoms with van der Waals surface area (Å²) in [4.78, 5) is 22.8. The fourth-order valence-electron chi connectivity index (χ4n) is 2.13. The van der Waals surface area contributed by atoms with Crippen molar-refractivity contribution in [1.29, 1.82) is 0 Å². The van der Waals surface area contributed by atoms with E-state index in [0.29, 0.717) is 6.42 Å². The summed E-state index contributed by atoms with van der Waals surface area (Å²) >= 11 is 0. The molecular formula is C17H25NO4. The molecule has 5 heteroatoms. The van der Waals surface area contributed by atoms with Crippen LogP contribution in [-0.2, 0) is 9.59 Å². The van der Waals surface area contributed by atoms with Gasteiger partial charge in [0.15, 0.2) is 0 Å². The normalized spacial score (nSPS) is 12.0. The van der Waals surface area contributed by atoms with Gasteiger partial charge in [0.05, 0.1) is 18.9 Å². The zero-order valence-corrected chi connectivity index (χ0v) is 13.5. The molecular weight excluding hydrogens is 282 g/mol. The van der Waals surface area contributed by atoms with Crippen molar-refractivity contribution in [2.45, 2.75) is 33.6 Å². The van der Waals surface area contributed by atoms with Gasteiger partial charge in [-0.1, -0.05) is 26.0 Å². The molecule has 0 aliphatic heterocycles. The zero-order valence-electron chi connectivity index (χ0n) is 13.5. The average Bonchev–Trinajstić information content (AvgIpc) is 2.43. The summed E-state index contributed by atoms with van der Waals surface area (Å²) in [6.45, 7) is 6.34. The van der Waals surface area contributed by atoms with E-state index in [1.165, 1.54) is 0 Å². The van der Waals surface area contributed by atoms with Gasteiger partial charge in [0.1, 0.15) is 5.75 Å². The number of benzene rings is 1. The standard InChI is InChI=1S/C17H25NO4/c1-12(2)9-14(17(20)21)11-18-16(19)7-8-22-15-6-4-5-13(3)10-15/h4-6,10,12,14H,7-9,11H2,1-3H3,(H,18,19)(H,20,21). The maximum Gasteiger partial charge on any atom is 0.308 e. The summed E-state index contributed by atoms with van der Waals surface area (Å²) < 4.78 is 5.50. The third-order valence-corrected chi connectivity index (χ3v) is 3.24. The smallest absolute Gasteiger partial charge is 0.308 e. The van der Waals surface area contributed by atoms with Crippen LogP contribution in [0.4, 0.5) is 0 Å². The summed E-state index contributed by atoms with van der Waals surface area (Å²) in [6, 6.07) is 7.61. The van der Waals surface area contributed by atoms with Gasteiger partial charge in [0.2, 0.25) is 5.91 Å². The Labute approximate surface area is 131 Å². The Balaban J connectivity index is 2.29. The highest BCUT2D eigenvalue weighted by molar-refractivity contribution is 5.77. The highest BCUT2D eigenvalue weighted by atomic mass is 16.5. The van der Waals surface area contributed by atoms with Crippen LogP contribution >= 0.6 is 0 Å². The molecule has 1 unspecified atom stereocenters. The van der Waals surface area contributed by atoms with Crippen LogP contribution in [0.3, 0.4) is 0 Å². The molecule has 0 bridgehead atoms. The Morgan fingerprint density at radius 2 is 2.05 bits per heavy atom. The first-order valence-corrected chi connectivity index (χ1v) is 7.57. The summed E-state index contributed by atoms with van der Waals surface area (Å²) in [6.07, 6.45) is 0.761. The van der Waals surface area contributed by atoms with Gasteiger partial charge in [0, 0.05) is 6.54 Å². The number of aryl methyl sites for hydroxylation is 1. The molecule has 0 saturated heterocycles. The molecule has 22 heavy (non-hydrogen) atoms. The lowest BCUT2D eigenvalue weighted by Gasteiger charge is -2.15. The highest BCUT2D eigenvalue weighted by Crippen LogP contribution is 2.13. The lowest BCUT2D eigenvalue weighted by molar-refractivity contribution is -0.142. The molecule has 0 aliphatic carbocycles. The number of hydrogen-bond donors (Lipinski definition) is 2. The van der Waals surface area contributed by atoms with Crippen LogP contribution in [0.1, 0.15) is 32.3 Å². The van der Waals surface area contributed by atoms with Gasteiger partial charge in [-0.2, -0.15) is 0 Å². The Kier molecular flexibility index (Phi) is 7.43. The van der Waals surface area contributed by atoms with Crippen molar-refractivity contribution in [3.63, 3.8) is 0 Å². The van der Waals surface area contributed by atoms with Crippen molar-refractivity contribution >= 4 is 11.9 Å². The minimum Gasteiger partial charge on any atom is -0.493 e. The lowest BCUT2D eigenvalue weighted by atomic mass is 9.97. The van der Waals surface area contributed by atoms with Crippen LogP contribution in [0.2, 0.25) is 0 Å². The fourth-order valence-corrected chi connectivity index (χ4v) is 2.13. The number of carbonyl (C=O) groups is 2. The second-order valence-corrected chi connectivity index (χ2v) is 5.88. The fraction of sp³-hybridized carbons (Fsp3) is 0.529. The molecule has 1 atom stereocenters. The molecule has 0 aliphatic rings. The molecule has 0 saturated carbocycles. The molecule has 1 aromatic carbocycles. The zero-order chi connectivity index (χ0) is 16.5. The van der Waals surface area contributed by atoms with Crippen LogP contribution in [0.5, 0.6) is 5.75 Å². The Morgan fingerprint density at radius 1 is 1.32 bits per heavy atom. The molecule has 122 valence electrons. The van der Waals surface area contributed by atoms with Crippen LogP contribution in [0.25, 0.3) is 0 Å². The molecule has 1 aromatic rings. The summed E-state index contributed by atoms with van der Waals surface area (Å²) in [5.41, 5.74) is 1.10. The minimum atomic E-state index is -0.870. The lowest BCUT2D eigenvalue weighted by Crippen LogP contribution is -2.34. The van der Waals surface area contributed by atoms with E-state index in [4.69, 9.17) is 9.84 Å². The van der Waals surface area contributed by atoms with Gasteiger partial charge in [-0.3, -0.25) is 9.59 Å². The predicted octanol–water partition coefficient (Wildman–Crippen LogP) is 2.63. The average molecular weight is 307 g/mol. The number of ether oxygens (including phenoxy) is 1. The minimum absolute atomic E-state index is 0.163. The topological polar surface area (TPSA) is 75.6 Å². The first kappa shape index (κ1) is 18.0. The maximum atomic E-state index is 11.7. The molecule has 5 nitrogen and oxygen atoms in total. The number of carbonyl (C=O) groups excluding carboxylic acids is 1. The Bertz CT molecular complexity index is 499. The Morgan fingerprint density at radius 3 is 2.64 bits per heavy atom. The van der Waals surface area contributed by atoms with Gasteiger partial charge in [-0.25, -0.2) is 0 Å². The van der Waals surface area contributed by atoms with E-state index >= 15 is 0 Å². The summed E-state index contributed by atoms with van der Waals surface area (Å²) in [7, 11) is 0. The number of rotatable bonds is 9. The van der Waals surface area contributed by atoms with Gasteiger partial charge >= 0.3 is 5.97 Å². The van der Waals surface area contributed by atoms with Gasteiger partial charge in [0.25, 0.3) is 0 Å². The van der Waals surface area contributed by atoms with Gasteiger partial charge in [-0.15, -0.1) is 0 Å². The number of aliphatic carboxylic acids is 1. The van der Waals surface area contributed by atoms with Gasteiger partial charge < -0.3 is 15.2 Å². The third kappa shape index (κ3) is 7.11. The molecule has 1 amide bonds. The molecule has 0 spiro atoms. The molecule has 0 heterocycles. The molecule has 1 rings (SSSR count). The number of amides is 1. The summed E-state index contributed by atoms with van der Waals surface area (Å²) in [5, 5.41) is 11.8. The van der Waals surface area contributed by atoms with E-state index < -0.39 is 11.9 Å². The van der Waals surface area contributed by atoms with Crippen molar-refractivity contribution in [2.75, 3.05) is 13.2 Å². The summed E-state index contributed by atoms with van der Waals surface area (Å²) in [5.74, 6) is -0.590. The van der Waals surface area contributed by atoms with Gasteiger partial charge in [-0.05, 0) is 37.0 Å². The van der Waals surface area contributed by atoms with Crippen LogP contribution in [0.15, 0.2) is 24.3 Å². The van der Waals surface area contributed by atoms with E-state index in [9.17, 15) is 9.59 Å². The highest BCUT2D eigenvalue weighted by Gasteiger charge is 2.19. The van der Waals surface area contributed by atoms with Crippen LogP contribution in [-0.4, -0.2) is 30.1 Å². The van der Waals surface area contributed by atoms with E-state index in [2.05, 4.69) is 5.32 Å². The van der Waals surface area contributed by atoms with Crippen molar-refractivity contribution in [1.82, 2.24) is 5.32 Å². The molecule has 0 fully saturated rings. The van der Waals surface area contributed by atoms with Crippen molar-refractivity contribution in [2.24, 2.45) is 11.8 Å². The van der Waals surface area contributed by atoms with Crippen LogP contribution in [0, 0.1) is 18.8 Å². The van der Waals surface area contributed by atoms with Crippen molar-refractivity contribution in [3.05, 3.63) is 29.8 Å². The number of carboxylic acid groups (broad SMARTS) is 1. The molecule has 2 N–H and O–H groups in total. The number of hydrogen-bond acceptors (Lipinski definition) is 3. The first-order chi connectivity index (χ1) is 10.4. The predicted molar refractivity (Wildman–Crippen MR) is 84.9 cm³/mol. The third-order valence-electron chi connectivity index (χ3n) is 3.24. The molecule has 0 aromatic heterocycles. The van der Waals surface area contributed by atoms with E-state index in [1.807, 2.05) is 45.0 Å². The molecule has 0 radical (unpaired) electrons. The monoisotopic (exact) mass is 307 g/mol. The van der Waals surface area contributed by atoms with E-state index in [-0.39, 0.29) is 31.4 Å². The van der Waals surface area contributed by atoms with Crippen LogP contribution < -0.4 is 10.1 Å². The number of nitrogens with one attached hydrogen (secondary N) is 1. The maximum absolute atomic E-state index is 11.7. The first-order valence-electron chi connectivity index (χ1n) is 7.57. The second kappa shape index (κ2) is 9.07.